The summed E-state index contributed by atoms with van der Waals surface area (Å²) in [5, 5.41) is 9.34. The number of allylic oxidation sites excluding steroid dienone is 2. The average molecular weight is 138 g/mol. The van der Waals surface area contributed by atoms with Crippen LogP contribution < -0.4 is 0 Å². The summed E-state index contributed by atoms with van der Waals surface area (Å²) in [5.41, 5.74) is 0. The number of hydrogen-bond acceptors (Lipinski definition) is 1. The van der Waals surface area contributed by atoms with E-state index in [9.17, 15) is 5.11 Å². The standard InChI is InChI=1S/C9H14O/c1-6(10)9-5-7-2-3-8(9)4-7/h2-3,6-10H,4-5H2,1H3/t6-,7?,8?,9?/m0/s1. The van der Waals surface area contributed by atoms with E-state index < -0.39 is 0 Å². The summed E-state index contributed by atoms with van der Waals surface area (Å²) in [6, 6.07) is 0. The Morgan fingerprint density at radius 2 is 2.20 bits per heavy atom. The van der Waals surface area contributed by atoms with E-state index in [1.165, 1.54) is 12.8 Å². The number of rotatable bonds is 1. The zero-order valence-electron chi connectivity index (χ0n) is 6.33. The molecule has 2 bridgehead atoms. The second kappa shape index (κ2) is 2.09. The number of aliphatic hydroxyl groups is 1. The lowest BCUT2D eigenvalue weighted by molar-refractivity contribution is 0.111. The van der Waals surface area contributed by atoms with Crippen molar-refractivity contribution in [3.05, 3.63) is 12.2 Å². The fourth-order valence-corrected chi connectivity index (χ4v) is 2.38. The van der Waals surface area contributed by atoms with Crippen LogP contribution in [0.1, 0.15) is 19.8 Å². The summed E-state index contributed by atoms with van der Waals surface area (Å²) in [6.07, 6.45) is 7.02. The highest BCUT2D eigenvalue weighted by Crippen LogP contribution is 2.44. The molecule has 2 aliphatic rings. The SMILES string of the molecule is C[C@H](O)C1CC2C=CC1C2. The van der Waals surface area contributed by atoms with E-state index in [2.05, 4.69) is 12.2 Å². The van der Waals surface area contributed by atoms with Gasteiger partial charge in [-0.05, 0) is 37.5 Å². The molecule has 2 aliphatic carbocycles. The second-order valence-electron chi connectivity index (χ2n) is 3.68. The lowest BCUT2D eigenvalue weighted by Gasteiger charge is -2.20. The van der Waals surface area contributed by atoms with E-state index in [0.29, 0.717) is 11.8 Å². The molecular formula is C9H14O. The van der Waals surface area contributed by atoms with Gasteiger partial charge in [-0.1, -0.05) is 12.2 Å². The van der Waals surface area contributed by atoms with Crippen LogP contribution in [-0.4, -0.2) is 11.2 Å². The predicted molar refractivity (Wildman–Crippen MR) is 40.5 cm³/mol. The topological polar surface area (TPSA) is 20.2 Å². The molecule has 1 saturated carbocycles. The Hall–Kier alpha value is -0.300. The summed E-state index contributed by atoms with van der Waals surface area (Å²) >= 11 is 0. The summed E-state index contributed by atoms with van der Waals surface area (Å²) in [5.74, 6) is 2.06. The van der Waals surface area contributed by atoms with Gasteiger partial charge in [0.1, 0.15) is 0 Å². The smallest absolute Gasteiger partial charge is 0.0546 e. The van der Waals surface area contributed by atoms with Crippen LogP contribution >= 0.6 is 0 Å². The summed E-state index contributed by atoms with van der Waals surface area (Å²) in [6.45, 7) is 1.92. The zero-order chi connectivity index (χ0) is 7.14. The van der Waals surface area contributed by atoms with Crippen LogP contribution in [-0.2, 0) is 0 Å². The van der Waals surface area contributed by atoms with Gasteiger partial charge in [0.15, 0.2) is 0 Å². The summed E-state index contributed by atoms with van der Waals surface area (Å²) in [7, 11) is 0. The molecule has 0 saturated heterocycles. The fraction of sp³-hybridized carbons (Fsp3) is 0.778. The van der Waals surface area contributed by atoms with Crippen LogP contribution in [0.25, 0.3) is 0 Å². The van der Waals surface area contributed by atoms with Gasteiger partial charge in [0.25, 0.3) is 0 Å². The molecule has 0 radical (unpaired) electrons. The lowest BCUT2D eigenvalue weighted by atomic mass is 9.89. The average Bonchev–Trinajstić information content (AvgIpc) is 2.44. The van der Waals surface area contributed by atoms with E-state index in [1.54, 1.807) is 0 Å². The maximum Gasteiger partial charge on any atom is 0.0546 e. The minimum atomic E-state index is -0.0973. The molecular weight excluding hydrogens is 124 g/mol. The normalized spacial score (nSPS) is 46.4. The molecule has 0 aromatic heterocycles. The zero-order valence-corrected chi connectivity index (χ0v) is 6.33. The number of fused-ring (bicyclic) bond motifs is 2. The van der Waals surface area contributed by atoms with Crippen molar-refractivity contribution in [2.24, 2.45) is 17.8 Å². The number of aliphatic hydroxyl groups excluding tert-OH is 1. The van der Waals surface area contributed by atoms with Crippen molar-refractivity contribution in [3.8, 4) is 0 Å². The van der Waals surface area contributed by atoms with E-state index in [0.717, 1.165) is 5.92 Å². The van der Waals surface area contributed by atoms with Crippen LogP contribution in [0.5, 0.6) is 0 Å². The van der Waals surface area contributed by atoms with Gasteiger partial charge in [-0.15, -0.1) is 0 Å². The second-order valence-corrected chi connectivity index (χ2v) is 3.68. The molecule has 1 fully saturated rings. The Labute approximate surface area is 61.8 Å². The maximum absolute atomic E-state index is 9.34. The van der Waals surface area contributed by atoms with E-state index in [-0.39, 0.29) is 6.10 Å². The minimum Gasteiger partial charge on any atom is -0.393 e. The number of hydrogen-bond donors (Lipinski definition) is 1. The van der Waals surface area contributed by atoms with Gasteiger partial charge in [-0.2, -0.15) is 0 Å². The van der Waals surface area contributed by atoms with Gasteiger partial charge in [-0.25, -0.2) is 0 Å². The Morgan fingerprint density at radius 1 is 1.40 bits per heavy atom. The molecule has 0 aromatic carbocycles. The molecule has 0 aromatic rings. The third-order valence-corrected chi connectivity index (χ3v) is 2.95. The largest absolute Gasteiger partial charge is 0.393 e. The summed E-state index contributed by atoms with van der Waals surface area (Å²) < 4.78 is 0. The summed E-state index contributed by atoms with van der Waals surface area (Å²) in [4.78, 5) is 0. The Kier molecular flexibility index (Phi) is 1.34. The van der Waals surface area contributed by atoms with Gasteiger partial charge < -0.3 is 5.11 Å². The first-order valence-corrected chi connectivity index (χ1v) is 4.14. The Bertz CT molecular complexity index is 160. The molecule has 4 atom stereocenters. The van der Waals surface area contributed by atoms with Crippen molar-refractivity contribution in [1.82, 2.24) is 0 Å². The van der Waals surface area contributed by atoms with Crippen molar-refractivity contribution in [1.29, 1.82) is 0 Å². The highest BCUT2D eigenvalue weighted by molar-refractivity contribution is 5.10. The van der Waals surface area contributed by atoms with E-state index in [4.69, 9.17) is 0 Å². The highest BCUT2D eigenvalue weighted by Gasteiger charge is 2.37. The van der Waals surface area contributed by atoms with Crippen molar-refractivity contribution in [2.75, 3.05) is 0 Å². The molecule has 0 spiro atoms. The molecule has 2 rings (SSSR count). The highest BCUT2D eigenvalue weighted by atomic mass is 16.3. The molecule has 0 amide bonds. The lowest BCUT2D eigenvalue weighted by Crippen LogP contribution is -2.20. The quantitative estimate of drug-likeness (QED) is 0.545. The molecule has 1 nitrogen and oxygen atoms in total. The van der Waals surface area contributed by atoms with Crippen molar-refractivity contribution in [3.63, 3.8) is 0 Å². The van der Waals surface area contributed by atoms with Crippen LogP contribution in [0.15, 0.2) is 12.2 Å². The molecule has 0 aliphatic heterocycles. The predicted octanol–water partition coefficient (Wildman–Crippen LogP) is 1.58. The molecule has 56 valence electrons. The van der Waals surface area contributed by atoms with Gasteiger partial charge in [-0.3, -0.25) is 0 Å². The van der Waals surface area contributed by atoms with Crippen molar-refractivity contribution >= 4 is 0 Å². The van der Waals surface area contributed by atoms with Crippen LogP contribution in [0.3, 0.4) is 0 Å². The third-order valence-electron chi connectivity index (χ3n) is 2.95. The molecule has 1 N–H and O–H groups in total. The Balaban J connectivity index is 2.09. The van der Waals surface area contributed by atoms with Gasteiger partial charge in [0.05, 0.1) is 6.10 Å². The first-order chi connectivity index (χ1) is 4.77. The monoisotopic (exact) mass is 138 g/mol. The van der Waals surface area contributed by atoms with Gasteiger partial charge in [0, 0.05) is 0 Å². The van der Waals surface area contributed by atoms with E-state index >= 15 is 0 Å². The third kappa shape index (κ3) is 0.807. The maximum atomic E-state index is 9.34. The van der Waals surface area contributed by atoms with E-state index in [1.807, 2.05) is 6.92 Å². The first kappa shape index (κ1) is 6.41. The van der Waals surface area contributed by atoms with Crippen molar-refractivity contribution in [2.45, 2.75) is 25.9 Å². The van der Waals surface area contributed by atoms with Gasteiger partial charge in [0.2, 0.25) is 0 Å². The molecule has 1 heteroatoms. The fourth-order valence-electron chi connectivity index (χ4n) is 2.38. The van der Waals surface area contributed by atoms with Gasteiger partial charge >= 0.3 is 0 Å². The van der Waals surface area contributed by atoms with Crippen LogP contribution in [0, 0.1) is 17.8 Å². The Morgan fingerprint density at radius 3 is 2.50 bits per heavy atom. The van der Waals surface area contributed by atoms with Crippen LogP contribution in [0.4, 0.5) is 0 Å². The first-order valence-electron chi connectivity index (χ1n) is 4.14. The van der Waals surface area contributed by atoms with Crippen molar-refractivity contribution < 1.29 is 5.11 Å². The minimum absolute atomic E-state index is 0.0973. The molecule has 10 heavy (non-hydrogen) atoms. The van der Waals surface area contributed by atoms with Crippen LogP contribution in [0.2, 0.25) is 0 Å². The molecule has 3 unspecified atom stereocenters. The molecule has 0 heterocycles.